The van der Waals surface area contributed by atoms with Crippen LogP contribution in [0.1, 0.15) is 69.7 Å². The van der Waals surface area contributed by atoms with E-state index in [4.69, 9.17) is 4.74 Å². The molecule has 2 atom stereocenters. The van der Waals surface area contributed by atoms with Gasteiger partial charge in [-0.25, -0.2) is 4.98 Å². The summed E-state index contributed by atoms with van der Waals surface area (Å²) in [6, 6.07) is 3.89. The van der Waals surface area contributed by atoms with Gasteiger partial charge in [0.05, 0.1) is 11.7 Å². The number of aromatic nitrogens is 1. The highest BCUT2D eigenvalue weighted by Gasteiger charge is 2.35. The zero-order valence-electron chi connectivity index (χ0n) is 17.2. The highest BCUT2D eigenvalue weighted by molar-refractivity contribution is 5.94. The third-order valence-electron chi connectivity index (χ3n) is 5.76. The first-order chi connectivity index (χ1) is 12.9. The molecule has 0 saturated carbocycles. The molecular weight excluding hydrogens is 338 g/mol. The van der Waals surface area contributed by atoms with E-state index in [0.717, 1.165) is 38.4 Å². The number of pyridine rings is 1. The fraction of sp³-hybridized carbons (Fsp3) is 0.727. The number of rotatable bonds is 4. The van der Waals surface area contributed by atoms with Crippen molar-refractivity contribution in [3.8, 4) is 0 Å². The average Bonchev–Trinajstić information content (AvgIpc) is 2.95. The lowest BCUT2D eigenvalue weighted by Crippen LogP contribution is -2.45. The minimum absolute atomic E-state index is 0.0388. The Morgan fingerprint density at radius 1 is 1.19 bits per heavy atom. The molecule has 1 aromatic heterocycles. The van der Waals surface area contributed by atoms with Gasteiger partial charge in [-0.2, -0.15) is 0 Å². The van der Waals surface area contributed by atoms with Gasteiger partial charge in [0.25, 0.3) is 5.91 Å². The number of hydrogen-bond acceptors (Lipinski definition) is 4. The Bertz CT molecular complexity index is 601. The molecule has 0 unspecified atom stereocenters. The smallest absolute Gasteiger partial charge is 0.252 e. The molecule has 0 aromatic carbocycles. The van der Waals surface area contributed by atoms with Crippen LogP contribution in [0.3, 0.4) is 0 Å². The van der Waals surface area contributed by atoms with E-state index in [0.29, 0.717) is 18.0 Å². The summed E-state index contributed by atoms with van der Waals surface area (Å²) in [5, 5.41) is 3.11. The zero-order valence-corrected chi connectivity index (χ0v) is 17.2. The van der Waals surface area contributed by atoms with Crippen LogP contribution in [0.2, 0.25) is 0 Å². The second-order valence-corrected chi connectivity index (χ2v) is 9.08. The maximum absolute atomic E-state index is 12.6. The average molecular weight is 374 g/mol. The predicted octanol–water partition coefficient (Wildman–Crippen LogP) is 4.03. The molecule has 2 fully saturated rings. The first kappa shape index (κ1) is 20.1. The van der Waals surface area contributed by atoms with Crippen LogP contribution in [0, 0.1) is 11.3 Å². The fourth-order valence-electron chi connectivity index (χ4n) is 4.34. The summed E-state index contributed by atoms with van der Waals surface area (Å²) in [5.74, 6) is 1.32. The molecule has 1 amide bonds. The molecule has 0 bridgehead atoms. The molecule has 0 spiro atoms. The van der Waals surface area contributed by atoms with Gasteiger partial charge < -0.3 is 15.0 Å². The maximum atomic E-state index is 12.6. The van der Waals surface area contributed by atoms with Crippen molar-refractivity contribution >= 4 is 11.7 Å². The number of nitrogens with one attached hydrogen (secondary N) is 1. The summed E-state index contributed by atoms with van der Waals surface area (Å²) in [6.45, 7) is 10.3. The number of nitrogens with zero attached hydrogens (tertiary/aromatic N) is 2. The van der Waals surface area contributed by atoms with Crippen LogP contribution in [0.15, 0.2) is 18.3 Å². The molecule has 150 valence electrons. The molecule has 2 saturated heterocycles. The molecule has 3 rings (SSSR count). The molecule has 5 nitrogen and oxygen atoms in total. The highest BCUT2D eigenvalue weighted by atomic mass is 16.5. The summed E-state index contributed by atoms with van der Waals surface area (Å²) < 4.78 is 6.02. The van der Waals surface area contributed by atoms with Gasteiger partial charge in [-0.15, -0.1) is 0 Å². The molecule has 2 aliphatic heterocycles. The maximum Gasteiger partial charge on any atom is 0.252 e. The molecule has 5 heteroatoms. The fourth-order valence-corrected chi connectivity index (χ4v) is 4.34. The van der Waals surface area contributed by atoms with Gasteiger partial charge in [-0.3, -0.25) is 4.79 Å². The Kier molecular flexibility index (Phi) is 6.74. The van der Waals surface area contributed by atoms with E-state index in [2.05, 4.69) is 36.0 Å². The Morgan fingerprint density at radius 2 is 1.93 bits per heavy atom. The first-order valence-electron chi connectivity index (χ1n) is 10.6. The number of amides is 1. The molecule has 0 aliphatic carbocycles. The number of carbonyl (C=O) groups is 1. The number of anilines is 1. The van der Waals surface area contributed by atoms with E-state index in [1.807, 2.05) is 12.1 Å². The van der Waals surface area contributed by atoms with Crippen molar-refractivity contribution in [2.75, 3.05) is 31.1 Å². The number of hydrogen-bond donors (Lipinski definition) is 1. The molecule has 1 N–H and O–H groups in total. The summed E-state index contributed by atoms with van der Waals surface area (Å²) >= 11 is 0. The van der Waals surface area contributed by atoms with Gasteiger partial charge in [0, 0.05) is 38.4 Å². The van der Waals surface area contributed by atoms with Crippen LogP contribution in [-0.4, -0.2) is 43.2 Å². The molecule has 27 heavy (non-hydrogen) atoms. The topological polar surface area (TPSA) is 54.5 Å². The van der Waals surface area contributed by atoms with Crippen molar-refractivity contribution in [3.05, 3.63) is 23.9 Å². The van der Waals surface area contributed by atoms with Gasteiger partial charge in [0.1, 0.15) is 5.82 Å². The largest absolute Gasteiger partial charge is 0.377 e. The van der Waals surface area contributed by atoms with Crippen LogP contribution in [0.5, 0.6) is 0 Å². The van der Waals surface area contributed by atoms with E-state index in [1.54, 1.807) is 6.20 Å². The Hall–Kier alpha value is -1.62. The third-order valence-corrected chi connectivity index (χ3v) is 5.76. The van der Waals surface area contributed by atoms with Crippen molar-refractivity contribution < 1.29 is 9.53 Å². The molecule has 3 heterocycles. The van der Waals surface area contributed by atoms with Crippen LogP contribution in [0.25, 0.3) is 0 Å². The van der Waals surface area contributed by atoms with Gasteiger partial charge in [-0.1, -0.05) is 33.6 Å². The van der Waals surface area contributed by atoms with Gasteiger partial charge in [-0.05, 0) is 43.2 Å². The lowest BCUT2D eigenvalue weighted by atomic mass is 9.78. The normalized spacial score (nSPS) is 24.3. The zero-order chi connectivity index (χ0) is 19.3. The lowest BCUT2D eigenvalue weighted by molar-refractivity contribution is -0.0839. The minimum Gasteiger partial charge on any atom is -0.377 e. The van der Waals surface area contributed by atoms with Crippen LogP contribution < -0.4 is 10.2 Å². The number of ether oxygens (including phenoxy) is 1. The molecular formula is C22H35N3O2. The monoisotopic (exact) mass is 373 g/mol. The van der Waals surface area contributed by atoms with Crippen molar-refractivity contribution in [1.82, 2.24) is 10.3 Å². The van der Waals surface area contributed by atoms with Crippen molar-refractivity contribution in [2.24, 2.45) is 11.3 Å². The minimum atomic E-state index is -0.0388. The van der Waals surface area contributed by atoms with Crippen LogP contribution >= 0.6 is 0 Å². The quantitative estimate of drug-likeness (QED) is 0.866. The second-order valence-electron chi connectivity index (χ2n) is 9.08. The van der Waals surface area contributed by atoms with Gasteiger partial charge in [0.15, 0.2) is 0 Å². The Balaban J connectivity index is 1.56. The van der Waals surface area contributed by atoms with Crippen molar-refractivity contribution in [1.29, 1.82) is 0 Å². The van der Waals surface area contributed by atoms with E-state index in [-0.39, 0.29) is 17.4 Å². The van der Waals surface area contributed by atoms with E-state index >= 15 is 0 Å². The van der Waals surface area contributed by atoms with Gasteiger partial charge in [0.2, 0.25) is 0 Å². The summed E-state index contributed by atoms with van der Waals surface area (Å²) in [4.78, 5) is 19.5. The summed E-state index contributed by atoms with van der Waals surface area (Å²) in [6.07, 6.45) is 9.14. The van der Waals surface area contributed by atoms with E-state index < -0.39 is 0 Å². The van der Waals surface area contributed by atoms with Crippen LogP contribution in [-0.2, 0) is 4.74 Å². The molecule has 1 aromatic rings. The van der Waals surface area contributed by atoms with Gasteiger partial charge >= 0.3 is 0 Å². The summed E-state index contributed by atoms with van der Waals surface area (Å²) in [5.41, 5.74) is 0.726. The van der Waals surface area contributed by atoms with Crippen molar-refractivity contribution in [3.63, 3.8) is 0 Å². The Labute approximate surface area is 163 Å². The Morgan fingerprint density at radius 3 is 2.56 bits per heavy atom. The molecule has 0 radical (unpaired) electrons. The van der Waals surface area contributed by atoms with E-state index in [9.17, 15) is 4.79 Å². The SMILES string of the molecule is CC(C)(C)[C@@H]1OCCC[C@@H]1CNC(=O)c1ccc(N2CCCCCC2)nc1. The van der Waals surface area contributed by atoms with Crippen LogP contribution in [0.4, 0.5) is 5.82 Å². The lowest BCUT2D eigenvalue weighted by Gasteiger charge is -2.40. The molecule has 2 aliphatic rings. The first-order valence-corrected chi connectivity index (χ1v) is 10.6. The van der Waals surface area contributed by atoms with E-state index in [1.165, 1.54) is 25.7 Å². The predicted molar refractivity (Wildman–Crippen MR) is 109 cm³/mol. The second kappa shape index (κ2) is 9.05. The highest BCUT2D eigenvalue weighted by Crippen LogP contribution is 2.33. The number of carbonyl (C=O) groups excluding carboxylic acids is 1. The summed E-state index contributed by atoms with van der Waals surface area (Å²) in [7, 11) is 0. The third kappa shape index (κ3) is 5.44. The van der Waals surface area contributed by atoms with Crippen molar-refractivity contribution in [2.45, 2.75) is 65.4 Å². The standard InChI is InChI=1S/C22H35N3O2/c1-22(2,3)20-17(9-8-14-27-20)15-24-21(26)18-10-11-19(23-16-18)25-12-6-4-5-7-13-25/h10-11,16-17,20H,4-9,12-15H2,1-3H3,(H,24,26)/t17-,20-/m1/s1.